The maximum atomic E-state index is 13.4. The lowest BCUT2D eigenvalue weighted by molar-refractivity contribution is -0.132. The van der Waals surface area contributed by atoms with Crippen molar-refractivity contribution in [2.24, 2.45) is 0 Å². The summed E-state index contributed by atoms with van der Waals surface area (Å²) in [5.41, 5.74) is 3.49. The highest BCUT2D eigenvalue weighted by Crippen LogP contribution is 2.44. The summed E-state index contributed by atoms with van der Waals surface area (Å²) >= 11 is 0. The SMILES string of the molecule is COc1ccc(/C(O)=C2/C(=O)C(=O)N(c3cccc(C)c3)C2c2ccc(N(C)C)cc2)c(OC)c1. The van der Waals surface area contributed by atoms with Crippen LogP contribution in [0.2, 0.25) is 0 Å². The fourth-order valence-corrected chi connectivity index (χ4v) is 4.29. The molecule has 1 saturated heterocycles. The largest absolute Gasteiger partial charge is 0.507 e. The molecule has 180 valence electrons. The van der Waals surface area contributed by atoms with Crippen molar-refractivity contribution in [3.8, 4) is 11.5 Å². The van der Waals surface area contributed by atoms with E-state index in [0.717, 1.165) is 11.3 Å². The highest BCUT2D eigenvalue weighted by molar-refractivity contribution is 6.51. The van der Waals surface area contributed by atoms with E-state index in [4.69, 9.17) is 9.47 Å². The van der Waals surface area contributed by atoms with Gasteiger partial charge in [-0.1, -0.05) is 24.3 Å². The Labute approximate surface area is 204 Å². The number of ether oxygens (including phenoxy) is 2. The highest BCUT2D eigenvalue weighted by atomic mass is 16.5. The zero-order valence-electron chi connectivity index (χ0n) is 20.4. The second kappa shape index (κ2) is 9.54. The van der Waals surface area contributed by atoms with Gasteiger partial charge in [0.15, 0.2) is 0 Å². The van der Waals surface area contributed by atoms with Crippen molar-refractivity contribution < 1.29 is 24.2 Å². The van der Waals surface area contributed by atoms with Gasteiger partial charge < -0.3 is 19.5 Å². The van der Waals surface area contributed by atoms with E-state index in [-0.39, 0.29) is 11.3 Å². The van der Waals surface area contributed by atoms with Gasteiger partial charge in [0, 0.05) is 31.5 Å². The van der Waals surface area contributed by atoms with Gasteiger partial charge in [0.1, 0.15) is 17.3 Å². The van der Waals surface area contributed by atoms with Gasteiger partial charge in [-0.05, 0) is 54.4 Å². The van der Waals surface area contributed by atoms with Crippen LogP contribution in [0.5, 0.6) is 11.5 Å². The molecule has 3 aromatic rings. The van der Waals surface area contributed by atoms with Gasteiger partial charge in [0.25, 0.3) is 11.7 Å². The molecule has 35 heavy (non-hydrogen) atoms. The first-order chi connectivity index (χ1) is 16.8. The van der Waals surface area contributed by atoms with Crippen LogP contribution in [0.1, 0.15) is 22.7 Å². The third-order valence-electron chi connectivity index (χ3n) is 6.11. The van der Waals surface area contributed by atoms with Gasteiger partial charge in [-0.25, -0.2) is 0 Å². The second-order valence-electron chi connectivity index (χ2n) is 8.56. The molecule has 0 radical (unpaired) electrons. The lowest BCUT2D eigenvalue weighted by Crippen LogP contribution is -2.29. The minimum Gasteiger partial charge on any atom is -0.507 e. The molecule has 1 aliphatic heterocycles. The molecule has 4 rings (SSSR count). The van der Waals surface area contributed by atoms with Crippen LogP contribution in [-0.4, -0.2) is 45.1 Å². The summed E-state index contributed by atoms with van der Waals surface area (Å²) in [4.78, 5) is 30.1. The van der Waals surface area contributed by atoms with Crippen LogP contribution in [0.4, 0.5) is 11.4 Å². The van der Waals surface area contributed by atoms with Crippen LogP contribution < -0.4 is 19.3 Å². The number of hydrogen-bond acceptors (Lipinski definition) is 6. The number of benzene rings is 3. The van der Waals surface area contributed by atoms with Gasteiger partial charge in [-0.2, -0.15) is 0 Å². The molecule has 1 N–H and O–H groups in total. The van der Waals surface area contributed by atoms with Crippen molar-refractivity contribution in [1.82, 2.24) is 0 Å². The summed E-state index contributed by atoms with van der Waals surface area (Å²) in [6, 6.07) is 19.0. The molecule has 7 heteroatoms. The summed E-state index contributed by atoms with van der Waals surface area (Å²) in [5, 5.41) is 11.4. The van der Waals surface area contributed by atoms with Crippen molar-refractivity contribution in [1.29, 1.82) is 0 Å². The zero-order valence-corrected chi connectivity index (χ0v) is 20.4. The summed E-state index contributed by atoms with van der Waals surface area (Å²) < 4.78 is 10.7. The van der Waals surface area contributed by atoms with Gasteiger partial charge in [0.05, 0.1) is 31.4 Å². The van der Waals surface area contributed by atoms with Crippen molar-refractivity contribution in [3.63, 3.8) is 0 Å². The molecule has 1 heterocycles. The number of aryl methyl sites for hydroxylation is 1. The summed E-state index contributed by atoms with van der Waals surface area (Å²) in [7, 11) is 6.86. The van der Waals surface area contributed by atoms with Crippen LogP contribution in [0.3, 0.4) is 0 Å². The standard InChI is InChI=1S/C28H28N2O5/c1-17-7-6-8-20(15-17)30-25(18-9-11-19(12-10-18)29(2)3)24(27(32)28(30)33)26(31)22-14-13-21(34-4)16-23(22)35-5/h6-16,25,31H,1-5H3/b26-24-. The predicted octanol–water partition coefficient (Wildman–Crippen LogP) is 4.70. The Morgan fingerprint density at radius 2 is 1.66 bits per heavy atom. The summed E-state index contributed by atoms with van der Waals surface area (Å²) in [5.74, 6) is -0.908. The Morgan fingerprint density at radius 1 is 0.943 bits per heavy atom. The van der Waals surface area contributed by atoms with Crippen molar-refractivity contribution in [2.45, 2.75) is 13.0 Å². The maximum Gasteiger partial charge on any atom is 0.300 e. The number of methoxy groups -OCH3 is 2. The Morgan fingerprint density at radius 3 is 2.26 bits per heavy atom. The number of carbonyl (C=O) groups is 2. The van der Waals surface area contributed by atoms with Crippen LogP contribution in [0.15, 0.2) is 72.3 Å². The molecule has 3 aromatic carbocycles. The van der Waals surface area contributed by atoms with Crippen LogP contribution in [0, 0.1) is 6.92 Å². The number of Topliss-reactive ketones (excluding diaryl/α,β-unsaturated/α-hetero) is 1. The fraction of sp³-hybridized carbons (Fsp3) is 0.214. The number of anilines is 2. The van der Waals surface area contributed by atoms with Crippen molar-refractivity contribution in [2.75, 3.05) is 38.1 Å². The van der Waals surface area contributed by atoms with Gasteiger partial charge >= 0.3 is 0 Å². The van der Waals surface area contributed by atoms with E-state index in [1.54, 1.807) is 24.3 Å². The van der Waals surface area contributed by atoms with E-state index >= 15 is 0 Å². The lowest BCUT2D eigenvalue weighted by atomic mass is 9.94. The smallest absolute Gasteiger partial charge is 0.300 e. The normalized spacial score (nSPS) is 16.9. The maximum absolute atomic E-state index is 13.4. The molecular weight excluding hydrogens is 444 g/mol. The van der Waals surface area contributed by atoms with E-state index < -0.39 is 17.7 Å². The molecule has 1 aliphatic rings. The summed E-state index contributed by atoms with van der Waals surface area (Å²) in [6.45, 7) is 1.92. The number of amides is 1. The van der Waals surface area contributed by atoms with E-state index in [9.17, 15) is 14.7 Å². The number of hydrogen-bond donors (Lipinski definition) is 1. The molecule has 0 spiro atoms. The van der Waals surface area contributed by atoms with Crippen LogP contribution in [0.25, 0.3) is 5.76 Å². The van der Waals surface area contributed by atoms with E-state index in [2.05, 4.69) is 0 Å². The first-order valence-electron chi connectivity index (χ1n) is 11.1. The number of nitrogens with zero attached hydrogens (tertiary/aromatic N) is 2. The van der Waals surface area contributed by atoms with E-state index in [0.29, 0.717) is 28.3 Å². The van der Waals surface area contributed by atoms with Gasteiger partial charge in [0.2, 0.25) is 0 Å². The first kappa shape index (κ1) is 23.9. The molecule has 1 amide bonds. The minimum absolute atomic E-state index is 0.00224. The third-order valence-corrected chi connectivity index (χ3v) is 6.11. The van der Waals surface area contributed by atoms with Crippen molar-refractivity contribution >= 4 is 28.8 Å². The van der Waals surface area contributed by atoms with Crippen LogP contribution in [-0.2, 0) is 9.59 Å². The highest BCUT2D eigenvalue weighted by Gasteiger charge is 2.47. The molecule has 7 nitrogen and oxygen atoms in total. The Balaban J connectivity index is 1.95. The average molecular weight is 473 g/mol. The molecule has 0 saturated carbocycles. The molecule has 1 atom stereocenters. The third kappa shape index (κ3) is 4.33. The molecular formula is C28H28N2O5. The Bertz CT molecular complexity index is 1310. The number of ketones is 1. The molecule has 1 unspecified atom stereocenters. The van der Waals surface area contributed by atoms with Crippen molar-refractivity contribution in [3.05, 3.63) is 89.0 Å². The quantitative estimate of drug-likeness (QED) is 0.318. The number of carbonyl (C=O) groups excluding carboxylic acids is 2. The number of aliphatic hydroxyl groups is 1. The minimum atomic E-state index is -0.820. The second-order valence-corrected chi connectivity index (χ2v) is 8.56. The lowest BCUT2D eigenvalue weighted by Gasteiger charge is -2.26. The van der Waals surface area contributed by atoms with Gasteiger partial charge in [-0.3, -0.25) is 14.5 Å². The van der Waals surface area contributed by atoms with Crippen LogP contribution >= 0.6 is 0 Å². The Hall–Kier alpha value is -4.26. The van der Waals surface area contributed by atoms with E-state index in [1.807, 2.05) is 68.4 Å². The molecule has 0 aromatic heterocycles. The average Bonchev–Trinajstić information content (AvgIpc) is 3.13. The van der Waals surface area contributed by atoms with Gasteiger partial charge in [-0.15, -0.1) is 0 Å². The first-order valence-corrected chi connectivity index (χ1v) is 11.1. The Kier molecular flexibility index (Phi) is 6.51. The predicted molar refractivity (Wildman–Crippen MR) is 136 cm³/mol. The fourth-order valence-electron chi connectivity index (χ4n) is 4.29. The number of aliphatic hydroxyl groups excluding tert-OH is 1. The monoisotopic (exact) mass is 472 g/mol. The molecule has 0 bridgehead atoms. The topological polar surface area (TPSA) is 79.3 Å². The molecule has 1 fully saturated rings. The van der Waals surface area contributed by atoms with E-state index in [1.165, 1.54) is 19.1 Å². The molecule has 0 aliphatic carbocycles. The number of rotatable bonds is 6. The zero-order chi connectivity index (χ0) is 25.3. The summed E-state index contributed by atoms with van der Waals surface area (Å²) in [6.07, 6.45) is 0.